The van der Waals surface area contributed by atoms with E-state index in [2.05, 4.69) is 15.4 Å². The molecule has 0 radical (unpaired) electrons. The summed E-state index contributed by atoms with van der Waals surface area (Å²) in [6, 6.07) is 11.5. The predicted molar refractivity (Wildman–Crippen MR) is 132 cm³/mol. The quantitative estimate of drug-likeness (QED) is 0.362. The Hall–Kier alpha value is -3.89. The Morgan fingerprint density at radius 1 is 1.17 bits per heavy atom. The van der Waals surface area contributed by atoms with Gasteiger partial charge in [-0.25, -0.2) is 13.9 Å². The first-order valence-electron chi connectivity index (χ1n) is 10.9. The molecule has 0 aliphatic carbocycles. The van der Waals surface area contributed by atoms with Gasteiger partial charge < -0.3 is 21.1 Å². The van der Waals surface area contributed by atoms with Gasteiger partial charge in [0.05, 0.1) is 22.8 Å². The van der Waals surface area contributed by atoms with Crippen LogP contribution in [-0.4, -0.2) is 44.1 Å². The molecule has 2 atom stereocenters. The third-order valence-corrected chi connectivity index (χ3v) is 6.54. The molecule has 12 heteroatoms. The summed E-state index contributed by atoms with van der Waals surface area (Å²) in [6.07, 6.45) is 1.75. The number of hydrogen-bond donors (Lipinski definition) is 3. The van der Waals surface area contributed by atoms with Gasteiger partial charge in [-0.2, -0.15) is 0 Å². The number of benzene rings is 2. The van der Waals surface area contributed by atoms with Crippen LogP contribution in [0.15, 0.2) is 54.7 Å². The number of primary amides is 1. The third kappa shape index (κ3) is 4.40. The van der Waals surface area contributed by atoms with Crippen molar-refractivity contribution in [3.05, 3.63) is 87.4 Å². The van der Waals surface area contributed by atoms with Crippen LogP contribution in [0.5, 0.6) is 5.75 Å². The summed E-state index contributed by atoms with van der Waals surface area (Å²) >= 11 is 12.0. The summed E-state index contributed by atoms with van der Waals surface area (Å²) in [5.74, 6) is -1.53. The number of nitrogens with two attached hydrogens (primary N) is 1. The van der Waals surface area contributed by atoms with Crippen LogP contribution < -0.4 is 16.0 Å². The first-order chi connectivity index (χ1) is 17.2. The molecule has 1 fully saturated rings. The zero-order chi connectivity index (χ0) is 25.6. The van der Waals surface area contributed by atoms with E-state index >= 15 is 0 Å². The number of imidazole rings is 1. The van der Waals surface area contributed by atoms with Crippen LogP contribution in [0.2, 0.25) is 10.0 Å². The number of nitrogens with one attached hydrogen (secondary N) is 1. The van der Waals surface area contributed by atoms with E-state index in [4.69, 9.17) is 28.9 Å². The molecule has 3 heterocycles. The maximum absolute atomic E-state index is 14.1. The van der Waals surface area contributed by atoms with E-state index in [1.165, 1.54) is 35.0 Å². The lowest BCUT2D eigenvalue weighted by Crippen LogP contribution is -2.37. The van der Waals surface area contributed by atoms with Gasteiger partial charge in [0.15, 0.2) is 5.65 Å². The lowest BCUT2D eigenvalue weighted by Gasteiger charge is -2.26. The number of aromatic hydroxyl groups is 1. The molecule has 2 aromatic carbocycles. The topological polar surface area (TPSA) is 126 Å². The van der Waals surface area contributed by atoms with Crippen LogP contribution in [0.25, 0.3) is 5.65 Å². The summed E-state index contributed by atoms with van der Waals surface area (Å²) in [5.41, 5.74) is 6.63. The molecular formula is C24H19Cl2FN6O3. The van der Waals surface area contributed by atoms with Gasteiger partial charge in [-0.3, -0.25) is 9.59 Å². The molecule has 2 aromatic heterocycles. The molecule has 2 amide bonds. The standard InChI is InChI=1S/C24H19Cl2FN6O3/c25-13-7-16(22(34)17(26)8-13)24(36)30-15-9-18(12-2-1-3-14(27)6-12)32(11-15)21-5-4-20-29-10-19(23(28)35)33(20)31-21/h1-8,10,15,18,34H,9,11H2,(H2,28,35)(H,30,36)/t15-,18-/m0/s1. The van der Waals surface area contributed by atoms with E-state index in [-0.39, 0.29) is 33.1 Å². The van der Waals surface area contributed by atoms with E-state index in [1.807, 2.05) is 4.90 Å². The lowest BCUT2D eigenvalue weighted by molar-refractivity contribution is 0.0936. The summed E-state index contributed by atoms with van der Waals surface area (Å²) in [5, 5.41) is 17.9. The highest BCUT2D eigenvalue weighted by Crippen LogP contribution is 2.37. The van der Waals surface area contributed by atoms with Gasteiger partial charge in [-0.15, -0.1) is 5.10 Å². The molecule has 1 saturated heterocycles. The van der Waals surface area contributed by atoms with Gasteiger partial charge in [0.1, 0.15) is 23.1 Å². The Balaban J connectivity index is 1.49. The average molecular weight is 529 g/mol. The van der Waals surface area contributed by atoms with E-state index in [9.17, 15) is 19.1 Å². The molecule has 4 aromatic rings. The predicted octanol–water partition coefficient (Wildman–Crippen LogP) is 3.73. The fourth-order valence-electron chi connectivity index (χ4n) is 4.41. The highest BCUT2D eigenvalue weighted by molar-refractivity contribution is 6.36. The number of nitrogens with zero attached hydrogens (tertiary/aromatic N) is 4. The van der Waals surface area contributed by atoms with Crippen LogP contribution in [-0.2, 0) is 0 Å². The number of fused-ring (bicyclic) bond motifs is 1. The van der Waals surface area contributed by atoms with E-state index in [1.54, 1.807) is 24.3 Å². The molecular weight excluding hydrogens is 510 g/mol. The smallest absolute Gasteiger partial charge is 0.269 e. The maximum atomic E-state index is 14.1. The van der Waals surface area contributed by atoms with Crippen LogP contribution in [0.1, 0.15) is 38.9 Å². The fraction of sp³-hybridized carbons (Fsp3) is 0.167. The van der Waals surface area contributed by atoms with Crippen LogP contribution >= 0.6 is 23.2 Å². The Morgan fingerprint density at radius 3 is 2.72 bits per heavy atom. The molecule has 4 N–H and O–H groups in total. The molecule has 0 bridgehead atoms. The minimum Gasteiger partial charge on any atom is -0.506 e. The SMILES string of the molecule is NC(=O)c1cnc2ccc(N3C[C@@H](NC(=O)c4cc(Cl)cc(Cl)c4O)C[C@H]3c3cccc(F)c3)nn12. The summed E-state index contributed by atoms with van der Waals surface area (Å²) in [6.45, 7) is 0.307. The molecule has 184 valence electrons. The van der Waals surface area contributed by atoms with Crippen molar-refractivity contribution >= 4 is 46.5 Å². The summed E-state index contributed by atoms with van der Waals surface area (Å²) in [7, 11) is 0. The highest BCUT2D eigenvalue weighted by atomic mass is 35.5. The molecule has 1 aliphatic rings. The Labute approximate surface area is 214 Å². The van der Waals surface area contributed by atoms with Gasteiger partial charge in [0.25, 0.3) is 11.8 Å². The second kappa shape index (κ2) is 9.29. The van der Waals surface area contributed by atoms with Crippen molar-refractivity contribution in [3.8, 4) is 5.75 Å². The van der Waals surface area contributed by atoms with Crippen LogP contribution in [0, 0.1) is 5.82 Å². The number of rotatable bonds is 5. The molecule has 5 rings (SSSR count). The van der Waals surface area contributed by atoms with Crippen molar-refractivity contribution in [3.63, 3.8) is 0 Å². The van der Waals surface area contributed by atoms with Crippen molar-refractivity contribution in [1.29, 1.82) is 0 Å². The van der Waals surface area contributed by atoms with E-state index in [0.717, 1.165) is 0 Å². The number of halogens is 3. The number of anilines is 1. The largest absolute Gasteiger partial charge is 0.506 e. The van der Waals surface area contributed by atoms with Gasteiger partial charge in [0, 0.05) is 17.6 Å². The molecule has 36 heavy (non-hydrogen) atoms. The van der Waals surface area contributed by atoms with Gasteiger partial charge in [0.2, 0.25) is 0 Å². The molecule has 0 spiro atoms. The second-order valence-electron chi connectivity index (χ2n) is 8.38. The van der Waals surface area contributed by atoms with Gasteiger partial charge >= 0.3 is 0 Å². The molecule has 1 aliphatic heterocycles. The van der Waals surface area contributed by atoms with Gasteiger partial charge in [-0.05, 0) is 48.4 Å². The van der Waals surface area contributed by atoms with Crippen molar-refractivity contribution in [2.24, 2.45) is 5.73 Å². The van der Waals surface area contributed by atoms with E-state index in [0.29, 0.717) is 30.0 Å². The zero-order valence-electron chi connectivity index (χ0n) is 18.5. The Bertz CT molecular complexity index is 1510. The number of hydrogen-bond acceptors (Lipinski definition) is 6. The maximum Gasteiger partial charge on any atom is 0.269 e. The Kier molecular flexibility index (Phi) is 6.15. The minimum absolute atomic E-state index is 0.0403. The number of aromatic nitrogens is 3. The Morgan fingerprint density at radius 2 is 1.97 bits per heavy atom. The average Bonchev–Trinajstić information content (AvgIpc) is 3.45. The number of carbonyl (C=O) groups excluding carboxylic acids is 2. The number of phenolic OH excluding ortho intramolecular Hbond substituents is 1. The first-order valence-corrected chi connectivity index (χ1v) is 11.6. The normalized spacial score (nSPS) is 17.5. The lowest BCUT2D eigenvalue weighted by atomic mass is 10.0. The van der Waals surface area contributed by atoms with Crippen LogP contribution in [0.3, 0.4) is 0 Å². The molecule has 0 unspecified atom stereocenters. The van der Waals surface area contributed by atoms with Gasteiger partial charge in [-0.1, -0.05) is 35.3 Å². The number of phenols is 1. The first kappa shape index (κ1) is 23.8. The third-order valence-electron chi connectivity index (χ3n) is 6.04. The van der Waals surface area contributed by atoms with Crippen LogP contribution in [0.4, 0.5) is 10.2 Å². The highest BCUT2D eigenvalue weighted by Gasteiger charge is 2.36. The molecule has 0 saturated carbocycles. The zero-order valence-corrected chi connectivity index (χ0v) is 20.0. The second-order valence-corrected chi connectivity index (χ2v) is 9.23. The number of carbonyl (C=O) groups is 2. The van der Waals surface area contributed by atoms with Crippen molar-refractivity contribution < 1.29 is 19.1 Å². The van der Waals surface area contributed by atoms with E-state index < -0.39 is 23.7 Å². The minimum atomic E-state index is -0.680. The van der Waals surface area contributed by atoms with Crippen molar-refractivity contribution in [1.82, 2.24) is 19.9 Å². The summed E-state index contributed by atoms with van der Waals surface area (Å²) in [4.78, 5) is 30.8. The monoisotopic (exact) mass is 528 g/mol. The molecule has 9 nitrogen and oxygen atoms in total. The number of amides is 2. The van der Waals surface area contributed by atoms with Crippen molar-refractivity contribution in [2.75, 3.05) is 11.4 Å². The summed E-state index contributed by atoms with van der Waals surface area (Å²) < 4.78 is 15.4. The van der Waals surface area contributed by atoms with Crippen molar-refractivity contribution in [2.45, 2.75) is 18.5 Å². The fourth-order valence-corrected chi connectivity index (χ4v) is 4.90.